The molecule has 0 radical (unpaired) electrons. The molecule has 0 atom stereocenters. The zero-order valence-electron chi connectivity index (χ0n) is 11.2. The van der Waals surface area contributed by atoms with Crippen LogP contribution in [0.4, 0.5) is 15.8 Å². The second-order valence-electron chi connectivity index (χ2n) is 4.28. The predicted molar refractivity (Wildman–Crippen MR) is 91.1 cm³/mol. The predicted octanol–water partition coefficient (Wildman–Crippen LogP) is 2.94. The Labute approximate surface area is 145 Å². The summed E-state index contributed by atoms with van der Waals surface area (Å²) in [5, 5.41) is 14.3. The van der Waals surface area contributed by atoms with Gasteiger partial charge in [0.15, 0.2) is 0 Å². The summed E-state index contributed by atoms with van der Waals surface area (Å²) in [5.74, 6) is -0.881. The highest BCUT2D eigenvalue weighted by atomic mass is 127. The van der Waals surface area contributed by atoms with Gasteiger partial charge in [-0.2, -0.15) is 0 Å². The maximum absolute atomic E-state index is 13.9. The van der Waals surface area contributed by atoms with E-state index in [1.54, 1.807) is 12.1 Å². The molecular formula is C14H12ClFIN3O2. The van der Waals surface area contributed by atoms with Gasteiger partial charge in [0.25, 0.3) is 5.91 Å². The van der Waals surface area contributed by atoms with E-state index in [-0.39, 0.29) is 29.6 Å². The van der Waals surface area contributed by atoms with Gasteiger partial charge in [0.2, 0.25) is 0 Å². The number of nitrogens with one attached hydrogen (secondary N) is 2. The topological polar surface area (TPSA) is 74.2 Å². The molecule has 0 aliphatic heterocycles. The molecule has 0 saturated heterocycles. The summed E-state index contributed by atoms with van der Waals surface area (Å²) in [6, 6.07) is 6.12. The highest BCUT2D eigenvalue weighted by Crippen LogP contribution is 2.26. The summed E-state index contributed by atoms with van der Waals surface area (Å²) in [6.07, 6.45) is 1.29. The van der Waals surface area contributed by atoms with Crippen molar-refractivity contribution in [2.24, 2.45) is 0 Å². The molecule has 0 unspecified atom stereocenters. The second kappa shape index (κ2) is 7.70. The summed E-state index contributed by atoms with van der Waals surface area (Å²) < 4.78 is 14.7. The van der Waals surface area contributed by atoms with E-state index in [0.29, 0.717) is 5.69 Å². The van der Waals surface area contributed by atoms with Gasteiger partial charge in [-0.05, 0) is 46.9 Å². The number of aliphatic hydroxyl groups excluding tert-OH is 1. The molecule has 1 aromatic heterocycles. The molecule has 1 aromatic carbocycles. The van der Waals surface area contributed by atoms with Crippen LogP contribution in [0, 0.1) is 9.39 Å². The van der Waals surface area contributed by atoms with E-state index >= 15 is 0 Å². The molecule has 1 heterocycles. The fourth-order valence-electron chi connectivity index (χ4n) is 1.71. The number of hydrogen-bond donors (Lipinski definition) is 3. The van der Waals surface area contributed by atoms with E-state index in [1.807, 2.05) is 22.6 Å². The Morgan fingerprint density at radius 2 is 2.14 bits per heavy atom. The number of benzene rings is 1. The van der Waals surface area contributed by atoms with Gasteiger partial charge >= 0.3 is 0 Å². The molecule has 8 heteroatoms. The molecule has 0 saturated carbocycles. The van der Waals surface area contributed by atoms with Crippen LogP contribution < -0.4 is 10.6 Å². The van der Waals surface area contributed by atoms with E-state index in [0.717, 1.165) is 3.57 Å². The van der Waals surface area contributed by atoms with E-state index < -0.39 is 11.7 Å². The first-order valence-electron chi connectivity index (χ1n) is 6.28. The summed E-state index contributed by atoms with van der Waals surface area (Å²) in [5.41, 5.74) is 0.755. The highest BCUT2D eigenvalue weighted by Gasteiger charge is 2.14. The lowest BCUT2D eigenvalue weighted by atomic mass is 10.2. The van der Waals surface area contributed by atoms with Crippen LogP contribution in [0.2, 0.25) is 5.15 Å². The van der Waals surface area contributed by atoms with Crippen molar-refractivity contribution in [3.8, 4) is 0 Å². The number of anilines is 2. The minimum Gasteiger partial charge on any atom is -0.395 e. The number of carbonyl (C=O) groups is 1. The van der Waals surface area contributed by atoms with Crippen molar-refractivity contribution >= 4 is 51.5 Å². The van der Waals surface area contributed by atoms with Gasteiger partial charge < -0.3 is 15.7 Å². The summed E-state index contributed by atoms with van der Waals surface area (Å²) in [4.78, 5) is 15.9. The van der Waals surface area contributed by atoms with Crippen molar-refractivity contribution in [2.75, 3.05) is 18.5 Å². The van der Waals surface area contributed by atoms with Gasteiger partial charge in [0, 0.05) is 16.3 Å². The Hall–Kier alpha value is -1.45. The first kappa shape index (κ1) is 16.9. The largest absolute Gasteiger partial charge is 0.395 e. The van der Waals surface area contributed by atoms with Gasteiger partial charge in [-0.1, -0.05) is 11.6 Å². The van der Waals surface area contributed by atoms with Gasteiger partial charge in [-0.25, -0.2) is 9.37 Å². The normalized spacial score (nSPS) is 10.4. The molecule has 2 rings (SSSR count). The number of aliphatic hydroxyl groups is 1. The molecule has 0 fully saturated rings. The number of nitrogens with zero attached hydrogens (tertiary/aromatic N) is 1. The van der Waals surface area contributed by atoms with Crippen LogP contribution in [0.1, 0.15) is 10.4 Å². The van der Waals surface area contributed by atoms with Crippen molar-refractivity contribution in [1.82, 2.24) is 10.3 Å². The Morgan fingerprint density at radius 1 is 1.36 bits per heavy atom. The first-order valence-corrected chi connectivity index (χ1v) is 7.73. The summed E-state index contributed by atoms with van der Waals surface area (Å²) >= 11 is 7.84. The van der Waals surface area contributed by atoms with Crippen molar-refractivity contribution in [3.05, 3.63) is 50.6 Å². The second-order valence-corrected chi connectivity index (χ2v) is 5.91. The molecule has 0 aliphatic rings. The number of aromatic nitrogens is 1. The third kappa shape index (κ3) is 4.28. The van der Waals surface area contributed by atoms with Crippen LogP contribution >= 0.6 is 34.2 Å². The van der Waals surface area contributed by atoms with Gasteiger partial charge in [-0.15, -0.1) is 0 Å². The van der Waals surface area contributed by atoms with Crippen LogP contribution in [0.15, 0.2) is 30.5 Å². The third-order valence-corrected chi connectivity index (χ3v) is 3.59. The van der Waals surface area contributed by atoms with Gasteiger partial charge in [0.05, 0.1) is 23.5 Å². The number of amides is 1. The average Bonchev–Trinajstić information content (AvgIpc) is 2.48. The molecule has 0 aliphatic carbocycles. The zero-order chi connectivity index (χ0) is 16.1. The smallest absolute Gasteiger partial charge is 0.255 e. The lowest BCUT2D eigenvalue weighted by Crippen LogP contribution is -2.27. The number of pyridine rings is 1. The van der Waals surface area contributed by atoms with Crippen molar-refractivity contribution < 1.29 is 14.3 Å². The summed E-state index contributed by atoms with van der Waals surface area (Å²) in [6.45, 7) is -0.0694. The molecule has 22 heavy (non-hydrogen) atoms. The van der Waals surface area contributed by atoms with Crippen LogP contribution in [-0.4, -0.2) is 29.1 Å². The van der Waals surface area contributed by atoms with E-state index in [9.17, 15) is 9.18 Å². The SMILES string of the molecule is O=C(NCCO)c1cnc(Cl)cc1Nc1ccc(I)cc1F. The Morgan fingerprint density at radius 3 is 2.82 bits per heavy atom. The fraction of sp³-hybridized carbons (Fsp3) is 0.143. The highest BCUT2D eigenvalue weighted by molar-refractivity contribution is 14.1. The number of hydrogen-bond acceptors (Lipinski definition) is 4. The molecule has 2 aromatic rings. The van der Waals surface area contributed by atoms with E-state index in [1.165, 1.54) is 18.3 Å². The third-order valence-electron chi connectivity index (χ3n) is 2.71. The Balaban J connectivity index is 2.32. The van der Waals surface area contributed by atoms with Gasteiger partial charge in [-0.3, -0.25) is 4.79 Å². The number of carbonyl (C=O) groups excluding carboxylic acids is 1. The molecule has 1 amide bonds. The average molecular weight is 436 g/mol. The lowest BCUT2D eigenvalue weighted by molar-refractivity contribution is 0.0945. The zero-order valence-corrected chi connectivity index (χ0v) is 14.2. The standard InChI is InChI=1S/C14H12ClFIN3O2/c15-13-6-12(9(7-19-13)14(22)18-3-4-21)20-11-2-1-8(17)5-10(11)16/h1-2,5-7,21H,3-4H2,(H,18,22)(H,19,20). The first-order chi connectivity index (χ1) is 10.5. The van der Waals surface area contributed by atoms with Crippen molar-refractivity contribution in [1.29, 1.82) is 0 Å². The Bertz CT molecular complexity index is 700. The molecule has 5 nitrogen and oxygen atoms in total. The number of rotatable bonds is 5. The maximum atomic E-state index is 13.9. The van der Waals surface area contributed by atoms with Crippen LogP contribution in [-0.2, 0) is 0 Å². The minimum atomic E-state index is -0.443. The van der Waals surface area contributed by atoms with E-state index in [2.05, 4.69) is 15.6 Å². The number of halogens is 3. The quantitative estimate of drug-likeness (QED) is 0.499. The maximum Gasteiger partial charge on any atom is 0.255 e. The molecule has 116 valence electrons. The van der Waals surface area contributed by atoms with Gasteiger partial charge in [0.1, 0.15) is 11.0 Å². The van der Waals surface area contributed by atoms with Crippen LogP contribution in [0.3, 0.4) is 0 Å². The van der Waals surface area contributed by atoms with Crippen molar-refractivity contribution in [2.45, 2.75) is 0 Å². The minimum absolute atomic E-state index is 0.110. The molecular weight excluding hydrogens is 424 g/mol. The lowest BCUT2D eigenvalue weighted by Gasteiger charge is -2.13. The monoisotopic (exact) mass is 435 g/mol. The molecule has 0 bridgehead atoms. The molecule has 3 N–H and O–H groups in total. The summed E-state index contributed by atoms with van der Waals surface area (Å²) in [7, 11) is 0. The van der Waals surface area contributed by atoms with Crippen LogP contribution in [0.25, 0.3) is 0 Å². The molecule has 0 spiro atoms. The van der Waals surface area contributed by atoms with Crippen LogP contribution in [0.5, 0.6) is 0 Å². The Kier molecular flexibility index (Phi) is 5.92. The van der Waals surface area contributed by atoms with E-state index in [4.69, 9.17) is 16.7 Å². The van der Waals surface area contributed by atoms with Crippen molar-refractivity contribution in [3.63, 3.8) is 0 Å². The fourth-order valence-corrected chi connectivity index (χ4v) is 2.33.